The molecule has 8 nitrogen and oxygen atoms in total. The average molecular weight is 358 g/mol. The van der Waals surface area contributed by atoms with Gasteiger partial charge in [-0.2, -0.15) is 5.10 Å². The highest BCUT2D eigenvalue weighted by Crippen LogP contribution is 2.42. The lowest BCUT2D eigenvalue weighted by atomic mass is 9.87. The van der Waals surface area contributed by atoms with Crippen molar-refractivity contribution in [3.05, 3.63) is 30.2 Å². The summed E-state index contributed by atoms with van der Waals surface area (Å²) >= 11 is 0. The summed E-state index contributed by atoms with van der Waals surface area (Å²) in [5, 5.41) is 4.83. The van der Waals surface area contributed by atoms with Crippen molar-refractivity contribution in [1.82, 2.24) is 14.8 Å². The fourth-order valence-electron chi connectivity index (χ4n) is 3.28. The lowest BCUT2D eigenvalue weighted by Gasteiger charge is -2.28. The Morgan fingerprint density at radius 3 is 2.96 bits per heavy atom. The van der Waals surface area contributed by atoms with Gasteiger partial charge in [0.25, 0.3) is 0 Å². The van der Waals surface area contributed by atoms with E-state index in [2.05, 4.69) is 11.9 Å². The molecule has 2 aromatic rings. The molecule has 2 unspecified atom stereocenters. The van der Waals surface area contributed by atoms with Gasteiger partial charge in [0, 0.05) is 31.4 Å². The lowest BCUT2D eigenvalue weighted by Crippen LogP contribution is -2.24. The van der Waals surface area contributed by atoms with Crippen molar-refractivity contribution >= 4 is 6.09 Å². The van der Waals surface area contributed by atoms with Crippen LogP contribution in [0.1, 0.15) is 43.8 Å². The third-order valence-corrected chi connectivity index (χ3v) is 4.78. The van der Waals surface area contributed by atoms with Crippen molar-refractivity contribution in [3.8, 4) is 17.4 Å². The molecule has 4 rings (SSSR count). The summed E-state index contributed by atoms with van der Waals surface area (Å²) in [6.07, 6.45) is 5.78. The zero-order valence-electron chi connectivity index (χ0n) is 14.6. The first kappa shape index (κ1) is 16.8. The zero-order chi connectivity index (χ0) is 18.1. The number of pyridine rings is 1. The zero-order valence-corrected chi connectivity index (χ0v) is 14.6. The number of carbonyl (C=O) groups is 1. The summed E-state index contributed by atoms with van der Waals surface area (Å²) in [6.45, 7) is 3.64. The molecule has 2 aromatic heterocycles. The number of hydrogen-bond acceptors (Lipinski definition) is 6. The SMILES string of the molecule is CC1COCCC1c1nn(C2CC2)cc1Oc1ccnc(OC(N)=O)c1. The largest absolute Gasteiger partial charge is 0.453 e. The van der Waals surface area contributed by atoms with Gasteiger partial charge in [-0.1, -0.05) is 6.92 Å². The summed E-state index contributed by atoms with van der Waals surface area (Å²) in [5.41, 5.74) is 6.00. The number of amides is 1. The average Bonchev–Trinajstić information content (AvgIpc) is 3.37. The van der Waals surface area contributed by atoms with Crippen LogP contribution >= 0.6 is 0 Å². The van der Waals surface area contributed by atoms with Gasteiger partial charge < -0.3 is 19.9 Å². The van der Waals surface area contributed by atoms with E-state index < -0.39 is 6.09 Å². The minimum atomic E-state index is -0.909. The van der Waals surface area contributed by atoms with Gasteiger partial charge in [-0.3, -0.25) is 4.68 Å². The number of nitrogens with two attached hydrogens (primary N) is 1. The maximum atomic E-state index is 10.9. The van der Waals surface area contributed by atoms with E-state index in [4.69, 9.17) is 25.0 Å². The van der Waals surface area contributed by atoms with E-state index in [9.17, 15) is 4.79 Å². The summed E-state index contributed by atoms with van der Waals surface area (Å²) in [4.78, 5) is 14.9. The van der Waals surface area contributed by atoms with E-state index >= 15 is 0 Å². The molecule has 0 radical (unpaired) electrons. The van der Waals surface area contributed by atoms with Gasteiger partial charge in [0.15, 0.2) is 5.75 Å². The lowest BCUT2D eigenvalue weighted by molar-refractivity contribution is 0.0457. The van der Waals surface area contributed by atoms with Crippen molar-refractivity contribution in [2.45, 2.75) is 38.1 Å². The topological polar surface area (TPSA) is 101 Å². The Morgan fingerprint density at radius 1 is 1.38 bits per heavy atom. The first-order chi connectivity index (χ1) is 12.6. The second-order valence-corrected chi connectivity index (χ2v) is 6.89. The molecule has 0 aromatic carbocycles. The molecule has 0 spiro atoms. The Hall–Kier alpha value is -2.61. The maximum Gasteiger partial charge on any atom is 0.411 e. The molecular formula is C18H22N4O4. The molecule has 0 bridgehead atoms. The molecule has 1 amide bonds. The normalized spacial score (nSPS) is 22.8. The molecule has 2 N–H and O–H groups in total. The highest BCUT2D eigenvalue weighted by atomic mass is 16.6. The molecule has 1 saturated heterocycles. The number of ether oxygens (including phenoxy) is 3. The van der Waals surface area contributed by atoms with Crippen LogP contribution in [0.4, 0.5) is 4.79 Å². The third kappa shape index (κ3) is 3.65. The van der Waals surface area contributed by atoms with Gasteiger partial charge >= 0.3 is 6.09 Å². The molecule has 3 heterocycles. The molecule has 138 valence electrons. The van der Waals surface area contributed by atoms with E-state index in [-0.39, 0.29) is 5.88 Å². The van der Waals surface area contributed by atoms with Crippen molar-refractivity contribution in [3.63, 3.8) is 0 Å². The van der Waals surface area contributed by atoms with E-state index in [0.717, 1.165) is 43.9 Å². The molecular weight excluding hydrogens is 336 g/mol. The van der Waals surface area contributed by atoms with Crippen molar-refractivity contribution in [1.29, 1.82) is 0 Å². The molecule has 26 heavy (non-hydrogen) atoms. The van der Waals surface area contributed by atoms with Gasteiger partial charge in [-0.05, 0) is 31.2 Å². The first-order valence-electron chi connectivity index (χ1n) is 8.88. The fraction of sp³-hybridized carbons (Fsp3) is 0.500. The Balaban J connectivity index is 1.62. The van der Waals surface area contributed by atoms with Crippen LogP contribution in [0.3, 0.4) is 0 Å². The van der Waals surface area contributed by atoms with Crippen LogP contribution in [-0.2, 0) is 4.74 Å². The summed E-state index contributed by atoms with van der Waals surface area (Å²) < 4.78 is 18.5. The molecule has 2 aliphatic rings. The smallest absolute Gasteiger partial charge is 0.411 e. The van der Waals surface area contributed by atoms with Crippen LogP contribution in [0, 0.1) is 5.92 Å². The Morgan fingerprint density at radius 2 is 2.23 bits per heavy atom. The van der Waals surface area contributed by atoms with Crippen molar-refractivity contribution in [2.24, 2.45) is 11.7 Å². The fourth-order valence-corrected chi connectivity index (χ4v) is 3.28. The van der Waals surface area contributed by atoms with Crippen LogP contribution in [0.5, 0.6) is 17.4 Å². The third-order valence-electron chi connectivity index (χ3n) is 4.78. The first-order valence-corrected chi connectivity index (χ1v) is 8.88. The number of rotatable bonds is 5. The molecule has 1 aliphatic carbocycles. The number of aromatic nitrogens is 3. The van der Waals surface area contributed by atoms with Crippen molar-refractivity contribution < 1.29 is 19.0 Å². The second-order valence-electron chi connectivity index (χ2n) is 6.89. The highest BCUT2D eigenvalue weighted by Gasteiger charge is 2.32. The van der Waals surface area contributed by atoms with Crippen LogP contribution in [0.2, 0.25) is 0 Å². The standard InChI is InChI=1S/C18H22N4O4/c1-11-10-24-7-5-14(11)17-15(9-22(21-17)12-2-3-12)25-13-4-6-20-16(8-13)26-18(19)23/h4,6,8-9,11-12,14H,2-3,5,7,10H2,1H3,(H2,19,23). The van der Waals surface area contributed by atoms with Gasteiger partial charge in [-0.15, -0.1) is 0 Å². The highest BCUT2D eigenvalue weighted by molar-refractivity contribution is 5.67. The molecule has 2 fully saturated rings. The van der Waals surface area contributed by atoms with Gasteiger partial charge in [0.2, 0.25) is 5.88 Å². The number of carbonyl (C=O) groups excluding carboxylic acids is 1. The Labute approximate surface area is 151 Å². The minimum Gasteiger partial charge on any atom is -0.453 e. The summed E-state index contributed by atoms with van der Waals surface area (Å²) in [5.74, 6) is 2.02. The summed E-state index contributed by atoms with van der Waals surface area (Å²) in [7, 11) is 0. The number of primary amides is 1. The van der Waals surface area contributed by atoms with E-state index in [0.29, 0.717) is 23.6 Å². The van der Waals surface area contributed by atoms with Crippen LogP contribution < -0.4 is 15.2 Å². The maximum absolute atomic E-state index is 10.9. The molecule has 8 heteroatoms. The van der Waals surface area contributed by atoms with E-state index in [1.54, 1.807) is 6.07 Å². The molecule has 2 atom stereocenters. The second kappa shape index (κ2) is 6.95. The predicted octanol–water partition coefficient (Wildman–Crippen LogP) is 3.00. The van der Waals surface area contributed by atoms with Crippen molar-refractivity contribution in [2.75, 3.05) is 13.2 Å². The van der Waals surface area contributed by atoms with E-state index in [1.807, 2.05) is 10.9 Å². The van der Waals surface area contributed by atoms with Crippen LogP contribution in [-0.4, -0.2) is 34.1 Å². The van der Waals surface area contributed by atoms with Gasteiger partial charge in [0.1, 0.15) is 11.4 Å². The summed E-state index contributed by atoms with van der Waals surface area (Å²) in [6, 6.07) is 3.71. The minimum absolute atomic E-state index is 0.102. The Kier molecular flexibility index (Phi) is 4.50. The predicted molar refractivity (Wildman–Crippen MR) is 92.4 cm³/mol. The van der Waals surface area contributed by atoms with Crippen LogP contribution in [0.25, 0.3) is 0 Å². The van der Waals surface area contributed by atoms with Gasteiger partial charge in [0.05, 0.1) is 12.2 Å². The Bertz CT molecular complexity index is 802. The molecule has 1 aliphatic heterocycles. The number of nitrogens with zero attached hydrogens (tertiary/aromatic N) is 3. The van der Waals surface area contributed by atoms with E-state index in [1.165, 1.54) is 12.3 Å². The monoisotopic (exact) mass is 358 g/mol. The van der Waals surface area contributed by atoms with Gasteiger partial charge in [-0.25, -0.2) is 9.78 Å². The molecule has 1 saturated carbocycles. The number of hydrogen-bond donors (Lipinski definition) is 1. The van der Waals surface area contributed by atoms with Crippen LogP contribution in [0.15, 0.2) is 24.5 Å². The quantitative estimate of drug-likeness (QED) is 0.881.